The van der Waals surface area contributed by atoms with Gasteiger partial charge in [0.1, 0.15) is 21.0 Å². The van der Waals surface area contributed by atoms with E-state index in [1.807, 2.05) is 32.6 Å². The van der Waals surface area contributed by atoms with Crippen molar-refractivity contribution in [2.75, 3.05) is 43.9 Å². The summed E-state index contributed by atoms with van der Waals surface area (Å²) in [4.78, 5) is 86.5. The smallest absolute Gasteiger partial charge is 0.274 e. The maximum absolute atomic E-state index is 13.5. The third kappa shape index (κ3) is 11.4. The van der Waals surface area contributed by atoms with Crippen molar-refractivity contribution < 1.29 is 28.0 Å². The standard InChI is InChI=1S/C20H22FN7O2S.C19H21FN6OS.C2H3ClO/c1-10(13-5-14(21)7-22-6-13)23-20-25-16(17-18(26-20)24-11(2)31-17)19(30)28-8-15(9-28)27(4)12(3)29;1-4-12-8-26(9-12)18(27)15-16-17(23-11(3)28-16)25-19(24-15)22-10(2)13-5-14(20)7-21-6-13;1-2(3)4/h5-7,10,15H,8-9H2,1-4H3,(H,23,25,26);5-7,10,12H,4,8-9H2,1-3H3,(H,22,24,25);1H3/t2*10-;/m00./s1. The van der Waals surface area contributed by atoms with Crippen LogP contribution in [0.3, 0.4) is 0 Å². The Kier molecular flexibility index (Phi) is 14.8. The summed E-state index contributed by atoms with van der Waals surface area (Å²) in [5.41, 5.74) is 2.87. The lowest BCUT2D eigenvalue weighted by molar-refractivity contribution is -0.132. The molecule has 6 aromatic rings. The average Bonchev–Trinajstić information content (AvgIpc) is 3.76. The number of nitrogens with zero attached hydrogens (tertiary/aromatic N) is 11. The quantitative estimate of drug-likeness (QED) is 0.136. The van der Waals surface area contributed by atoms with Crippen LogP contribution in [0.2, 0.25) is 0 Å². The molecule has 22 heteroatoms. The molecule has 2 saturated heterocycles. The highest BCUT2D eigenvalue weighted by molar-refractivity contribution is 7.19. The highest BCUT2D eigenvalue weighted by Crippen LogP contribution is 2.31. The number of hydrogen-bond donors (Lipinski definition) is 2. The first-order chi connectivity index (χ1) is 29.9. The highest BCUT2D eigenvalue weighted by atomic mass is 35.5. The van der Waals surface area contributed by atoms with E-state index in [4.69, 9.17) is 0 Å². The zero-order chi connectivity index (χ0) is 45.7. The molecule has 2 N–H and O–H groups in total. The number of fused-ring (bicyclic) bond motifs is 2. The second kappa shape index (κ2) is 20.1. The topological polar surface area (TPSA) is 205 Å². The Morgan fingerprint density at radius 2 is 1.16 bits per heavy atom. The first-order valence-corrected chi connectivity index (χ1v) is 21.9. The van der Waals surface area contributed by atoms with Gasteiger partial charge >= 0.3 is 0 Å². The molecule has 8 rings (SSSR count). The molecule has 0 radical (unpaired) electrons. The lowest BCUT2D eigenvalue weighted by Gasteiger charge is -2.43. The van der Waals surface area contributed by atoms with Crippen molar-refractivity contribution >= 4 is 89.8 Å². The lowest BCUT2D eigenvalue weighted by atomic mass is 9.97. The molecule has 0 aliphatic carbocycles. The van der Waals surface area contributed by atoms with Crippen LogP contribution in [0.15, 0.2) is 36.9 Å². The normalized spacial score (nSPS) is 14.7. The van der Waals surface area contributed by atoms with Crippen molar-refractivity contribution in [1.82, 2.24) is 54.6 Å². The number of aromatic nitrogens is 8. The third-order valence-corrected chi connectivity index (χ3v) is 12.2. The molecule has 2 fully saturated rings. The van der Waals surface area contributed by atoms with E-state index in [1.54, 1.807) is 29.2 Å². The van der Waals surface area contributed by atoms with E-state index >= 15 is 0 Å². The number of nitrogens with one attached hydrogen (secondary N) is 2. The van der Waals surface area contributed by atoms with Gasteiger partial charge in [0.05, 0.1) is 40.5 Å². The van der Waals surface area contributed by atoms with Crippen LogP contribution in [0, 0.1) is 31.4 Å². The van der Waals surface area contributed by atoms with Crippen LogP contribution >= 0.6 is 34.3 Å². The van der Waals surface area contributed by atoms with Crippen molar-refractivity contribution in [3.8, 4) is 0 Å². The highest BCUT2D eigenvalue weighted by Gasteiger charge is 2.37. The van der Waals surface area contributed by atoms with Crippen molar-refractivity contribution in [3.05, 3.63) is 81.1 Å². The molecule has 0 bridgehead atoms. The van der Waals surface area contributed by atoms with E-state index in [0.29, 0.717) is 62.5 Å². The number of halogens is 3. The van der Waals surface area contributed by atoms with Crippen LogP contribution in [-0.4, -0.2) is 117 Å². The molecular formula is C41H46ClF2N13O4S2. The van der Waals surface area contributed by atoms with Crippen LogP contribution in [0.5, 0.6) is 0 Å². The van der Waals surface area contributed by atoms with Gasteiger partial charge in [0.2, 0.25) is 23.0 Å². The van der Waals surface area contributed by atoms with E-state index in [9.17, 15) is 28.0 Å². The fourth-order valence-corrected chi connectivity index (χ4v) is 8.26. The fourth-order valence-electron chi connectivity index (χ4n) is 6.58. The van der Waals surface area contributed by atoms with Crippen LogP contribution in [-0.2, 0) is 9.59 Å². The summed E-state index contributed by atoms with van der Waals surface area (Å²) < 4.78 is 28.3. The first kappa shape index (κ1) is 46.6. The number of thiazole rings is 2. The molecular weight excluding hydrogens is 876 g/mol. The number of amides is 3. The van der Waals surface area contributed by atoms with Crippen LogP contribution in [0.4, 0.5) is 20.7 Å². The molecule has 2 aliphatic rings. The van der Waals surface area contributed by atoms with Gasteiger partial charge in [0.25, 0.3) is 11.8 Å². The Morgan fingerprint density at radius 1 is 0.746 bits per heavy atom. The number of pyridine rings is 2. The number of carbonyl (C=O) groups excluding carboxylic acids is 4. The molecule has 3 amide bonds. The first-order valence-electron chi connectivity index (χ1n) is 19.9. The summed E-state index contributed by atoms with van der Waals surface area (Å²) in [5, 5.41) is 7.49. The third-order valence-electron chi connectivity index (χ3n) is 10.3. The zero-order valence-corrected chi connectivity index (χ0v) is 38.2. The Hall–Kier alpha value is -5.93. The molecule has 0 unspecified atom stereocenters. The summed E-state index contributed by atoms with van der Waals surface area (Å²) in [6.07, 6.45) is 6.50. The van der Waals surface area contributed by atoms with Gasteiger partial charge in [0.15, 0.2) is 22.7 Å². The Balaban J connectivity index is 0.000000194. The maximum atomic E-state index is 13.5. The van der Waals surface area contributed by atoms with Crippen molar-refractivity contribution in [1.29, 1.82) is 0 Å². The number of anilines is 2. The molecule has 2 aliphatic heterocycles. The van der Waals surface area contributed by atoms with E-state index in [1.165, 1.54) is 48.7 Å². The van der Waals surface area contributed by atoms with Gasteiger partial charge in [-0.25, -0.2) is 28.7 Å². The summed E-state index contributed by atoms with van der Waals surface area (Å²) in [6, 6.07) is 2.18. The van der Waals surface area contributed by atoms with E-state index in [0.717, 1.165) is 41.9 Å². The van der Waals surface area contributed by atoms with Crippen molar-refractivity contribution in [2.24, 2.45) is 5.92 Å². The Labute approximate surface area is 374 Å². The molecule has 17 nitrogen and oxygen atoms in total. The van der Waals surface area contributed by atoms with E-state index < -0.39 is 11.6 Å². The lowest BCUT2D eigenvalue weighted by Crippen LogP contribution is -2.61. The number of hydrogen-bond acceptors (Lipinski definition) is 16. The number of carbonyl (C=O) groups is 4. The van der Waals surface area contributed by atoms with Gasteiger partial charge < -0.3 is 25.3 Å². The van der Waals surface area contributed by atoms with Gasteiger partial charge in [-0.3, -0.25) is 29.1 Å². The predicted octanol–water partition coefficient (Wildman–Crippen LogP) is 6.76. The largest absolute Gasteiger partial charge is 0.348 e. The second-order valence-electron chi connectivity index (χ2n) is 15.1. The minimum Gasteiger partial charge on any atom is -0.348 e. The second-order valence-corrected chi connectivity index (χ2v) is 18.1. The molecule has 332 valence electrons. The average molecular weight is 922 g/mol. The van der Waals surface area contributed by atoms with Gasteiger partial charge in [-0.1, -0.05) is 6.92 Å². The van der Waals surface area contributed by atoms with Crippen LogP contribution in [0.25, 0.3) is 20.7 Å². The zero-order valence-electron chi connectivity index (χ0n) is 35.8. The van der Waals surface area contributed by atoms with Crippen LogP contribution < -0.4 is 10.6 Å². The van der Waals surface area contributed by atoms with Gasteiger partial charge in [-0.15, -0.1) is 22.7 Å². The number of likely N-dealkylation sites (tertiary alicyclic amines) is 2. The van der Waals surface area contributed by atoms with Crippen LogP contribution in [0.1, 0.15) is 95.2 Å². The molecule has 6 aromatic heterocycles. The number of likely N-dealkylation sites (N-methyl/N-ethyl adjacent to an activating group) is 1. The summed E-state index contributed by atoms with van der Waals surface area (Å²) in [5.74, 6) is -0.111. The molecule has 2 atom stereocenters. The van der Waals surface area contributed by atoms with E-state index in [-0.39, 0.29) is 52.7 Å². The molecule has 0 spiro atoms. The Morgan fingerprint density at radius 3 is 1.54 bits per heavy atom. The summed E-state index contributed by atoms with van der Waals surface area (Å²) >= 11 is 7.42. The van der Waals surface area contributed by atoms with E-state index in [2.05, 4.69) is 69.0 Å². The molecule has 8 heterocycles. The van der Waals surface area contributed by atoms with Gasteiger partial charge in [-0.05, 0) is 74.9 Å². The Bertz CT molecular complexity index is 2650. The SMILES string of the molecule is CC(=O)Cl.CC(=O)N(C)C1CN(C(=O)c2nc(N[C@@H](C)c3cncc(F)c3)nc3nc(C)sc23)C1.CCC1CN(C(=O)c2nc(N[C@@H](C)c3cncc(F)c3)nc3nc(C)sc23)C1. The van der Waals surface area contributed by atoms with Gasteiger partial charge in [-0.2, -0.15) is 9.97 Å². The summed E-state index contributed by atoms with van der Waals surface area (Å²) in [6.45, 7) is 14.8. The fraction of sp³-hybridized carbons (Fsp3) is 0.415. The number of rotatable bonds is 10. The minimum atomic E-state index is -0.434. The number of aryl methyl sites for hydroxylation is 2. The molecule has 0 saturated carbocycles. The van der Waals surface area contributed by atoms with Crippen molar-refractivity contribution in [3.63, 3.8) is 0 Å². The maximum Gasteiger partial charge on any atom is 0.274 e. The van der Waals surface area contributed by atoms with Crippen molar-refractivity contribution in [2.45, 2.75) is 73.0 Å². The minimum absolute atomic E-state index is 0.0000644. The summed E-state index contributed by atoms with van der Waals surface area (Å²) in [7, 11) is 1.73. The molecule has 0 aromatic carbocycles. The molecule has 63 heavy (non-hydrogen) atoms. The van der Waals surface area contributed by atoms with Gasteiger partial charge in [0, 0.05) is 59.5 Å². The monoisotopic (exact) mass is 921 g/mol. The predicted molar refractivity (Wildman–Crippen MR) is 237 cm³/mol.